The minimum Gasteiger partial charge on any atom is -0.481 e. The Labute approximate surface area is 144 Å². The van der Waals surface area contributed by atoms with E-state index in [2.05, 4.69) is 0 Å². The van der Waals surface area contributed by atoms with Crippen LogP contribution in [0.4, 0.5) is 0 Å². The Kier molecular flexibility index (Phi) is 5.93. The predicted molar refractivity (Wildman–Crippen MR) is 89.6 cm³/mol. The van der Waals surface area contributed by atoms with Crippen LogP contribution < -0.4 is 0 Å². The van der Waals surface area contributed by atoms with Crippen molar-refractivity contribution in [1.29, 1.82) is 0 Å². The fourth-order valence-electron chi connectivity index (χ4n) is 2.04. The van der Waals surface area contributed by atoms with Crippen LogP contribution in [-0.2, 0) is 9.53 Å². The molecule has 1 aliphatic rings. The molecule has 0 bridgehead atoms. The summed E-state index contributed by atoms with van der Waals surface area (Å²) in [4.78, 5) is 10.5. The van der Waals surface area contributed by atoms with Crippen molar-refractivity contribution in [3.8, 4) is 0 Å². The number of benzene rings is 1. The van der Waals surface area contributed by atoms with Crippen LogP contribution in [0, 0.1) is 0 Å². The number of hydrogen-bond donors (Lipinski definition) is 1. The third kappa shape index (κ3) is 4.50. The Bertz CT molecular complexity index is 595. The Balaban J connectivity index is 2.00. The van der Waals surface area contributed by atoms with Crippen molar-refractivity contribution in [2.45, 2.75) is 23.3 Å². The number of aliphatic carboxylic acids is 1. The predicted octanol–water partition coefficient (Wildman–Crippen LogP) is 4.72. The van der Waals surface area contributed by atoms with E-state index >= 15 is 0 Å². The molecule has 1 aromatic rings. The third-order valence-corrected chi connectivity index (χ3v) is 4.51. The molecule has 0 aliphatic heterocycles. The van der Waals surface area contributed by atoms with E-state index in [4.69, 9.17) is 44.6 Å². The number of allylic oxidation sites excluding steroid dienone is 2. The van der Waals surface area contributed by atoms with Gasteiger partial charge in [-0.3, -0.25) is 4.79 Å². The van der Waals surface area contributed by atoms with Crippen molar-refractivity contribution in [2.75, 3.05) is 6.61 Å². The van der Waals surface area contributed by atoms with Gasteiger partial charge in [0.25, 0.3) is 0 Å². The van der Waals surface area contributed by atoms with Crippen LogP contribution in [0.1, 0.15) is 18.4 Å². The lowest BCUT2D eigenvalue weighted by Gasteiger charge is -2.30. The maximum atomic E-state index is 10.5. The molecule has 1 aromatic carbocycles. The van der Waals surface area contributed by atoms with Crippen LogP contribution in [0.25, 0.3) is 5.57 Å². The second kappa shape index (κ2) is 7.51. The van der Waals surface area contributed by atoms with Gasteiger partial charge in [-0.25, -0.2) is 0 Å². The zero-order valence-corrected chi connectivity index (χ0v) is 13.9. The maximum Gasteiger partial charge on any atom is 0.303 e. The van der Waals surface area contributed by atoms with E-state index < -0.39 is 16.4 Å². The number of hydrogen-bond acceptors (Lipinski definition) is 2. The molecular weight excluding hydrogens is 347 g/mol. The van der Waals surface area contributed by atoms with Gasteiger partial charge in [0.1, 0.15) is 0 Å². The smallest absolute Gasteiger partial charge is 0.303 e. The molecule has 118 valence electrons. The zero-order valence-electron chi connectivity index (χ0n) is 11.6. The summed E-state index contributed by atoms with van der Waals surface area (Å²) in [6.07, 6.45) is 5.77. The molecule has 0 spiro atoms. The molecule has 0 saturated heterocycles. The second-order valence-electron chi connectivity index (χ2n) is 4.91. The van der Waals surface area contributed by atoms with Gasteiger partial charge in [0.05, 0.1) is 5.38 Å². The van der Waals surface area contributed by atoms with Gasteiger partial charge in [0.15, 0.2) is 5.06 Å². The highest BCUT2D eigenvalue weighted by atomic mass is 35.5. The molecule has 0 fully saturated rings. The SMILES string of the molecule is O=C(O)CCCOC1(Cl)C=CC(c2ccc(Cl)cc2)=CC1Cl. The van der Waals surface area contributed by atoms with Crippen LogP contribution in [-0.4, -0.2) is 28.1 Å². The molecule has 3 nitrogen and oxygen atoms in total. The van der Waals surface area contributed by atoms with Gasteiger partial charge in [-0.05, 0) is 35.8 Å². The monoisotopic (exact) mass is 360 g/mol. The summed E-state index contributed by atoms with van der Waals surface area (Å²) in [7, 11) is 0. The van der Waals surface area contributed by atoms with Crippen LogP contribution in [0.2, 0.25) is 5.02 Å². The summed E-state index contributed by atoms with van der Waals surface area (Å²) in [5.41, 5.74) is 1.91. The molecule has 2 unspecified atom stereocenters. The summed E-state index contributed by atoms with van der Waals surface area (Å²) in [6.45, 7) is 0.230. The fraction of sp³-hybridized carbons (Fsp3) is 0.312. The molecular formula is C16H15Cl3O3. The van der Waals surface area contributed by atoms with E-state index in [9.17, 15) is 4.79 Å². The van der Waals surface area contributed by atoms with Gasteiger partial charge in [0, 0.05) is 18.1 Å². The van der Waals surface area contributed by atoms with Gasteiger partial charge in [-0.15, -0.1) is 11.6 Å². The molecule has 0 radical (unpaired) electrons. The Morgan fingerprint density at radius 1 is 1.32 bits per heavy atom. The van der Waals surface area contributed by atoms with E-state index in [-0.39, 0.29) is 13.0 Å². The first kappa shape index (κ1) is 17.4. The number of ether oxygens (including phenoxy) is 1. The van der Waals surface area contributed by atoms with Crippen LogP contribution in [0.3, 0.4) is 0 Å². The van der Waals surface area contributed by atoms with Gasteiger partial charge >= 0.3 is 5.97 Å². The van der Waals surface area contributed by atoms with Gasteiger partial charge in [-0.1, -0.05) is 47.5 Å². The van der Waals surface area contributed by atoms with Crippen LogP contribution in [0.5, 0.6) is 0 Å². The first-order valence-corrected chi connectivity index (χ1v) is 7.96. The summed E-state index contributed by atoms with van der Waals surface area (Å²) < 4.78 is 5.55. The maximum absolute atomic E-state index is 10.5. The number of carboxylic acids is 1. The first-order valence-electron chi connectivity index (χ1n) is 6.76. The highest BCUT2D eigenvalue weighted by Gasteiger charge is 2.35. The molecule has 22 heavy (non-hydrogen) atoms. The second-order valence-corrected chi connectivity index (χ2v) is 6.40. The average Bonchev–Trinajstić information content (AvgIpc) is 2.48. The molecule has 0 aromatic heterocycles. The molecule has 0 amide bonds. The summed E-state index contributed by atoms with van der Waals surface area (Å²) in [5.74, 6) is -0.862. The van der Waals surface area contributed by atoms with E-state index in [1.807, 2.05) is 24.3 Å². The summed E-state index contributed by atoms with van der Waals surface area (Å²) in [6, 6.07) is 7.41. The zero-order chi connectivity index (χ0) is 16.2. The van der Waals surface area contributed by atoms with E-state index in [0.29, 0.717) is 11.4 Å². The average molecular weight is 362 g/mol. The molecule has 0 heterocycles. The van der Waals surface area contributed by atoms with Crippen molar-refractivity contribution < 1.29 is 14.6 Å². The molecule has 1 N–H and O–H groups in total. The van der Waals surface area contributed by atoms with E-state index in [0.717, 1.165) is 11.1 Å². The number of carboxylic acid groups (broad SMARTS) is 1. The lowest BCUT2D eigenvalue weighted by atomic mass is 9.97. The standard InChI is InChI=1S/C16H15Cl3O3/c17-13-5-3-11(4-6-13)12-7-8-16(19,14(18)10-12)22-9-1-2-15(20)21/h3-8,10,14H,1-2,9H2,(H,20,21). The Hall–Kier alpha value is -1.000. The minimum absolute atomic E-state index is 0.0372. The van der Waals surface area contributed by atoms with Gasteiger partial charge in [-0.2, -0.15) is 0 Å². The van der Waals surface area contributed by atoms with Gasteiger partial charge < -0.3 is 9.84 Å². The van der Waals surface area contributed by atoms with Crippen molar-refractivity contribution in [2.24, 2.45) is 0 Å². The lowest BCUT2D eigenvalue weighted by molar-refractivity contribution is -0.137. The molecule has 1 aliphatic carbocycles. The Morgan fingerprint density at radius 3 is 2.59 bits per heavy atom. The highest BCUT2D eigenvalue weighted by molar-refractivity contribution is 6.34. The quantitative estimate of drug-likeness (QED) is 0.589. The van der Waals surface area contributed by atoms with E-state index in [1.54, 1.807) is 18.2 Å². The van der Waals surface area contributed by atoms with Crippen molar-refractivity contribution in [1.82, 2.24) is 0 Å². The number of carbonyl (C=O) groups is 1. The van der Waals surface area contributed by atoms with Crippen LogP contribution in [0.15, 0.2) is 42.5 Å². The van der Waals surface area contributed by atoms with Gasteiger partial charge in [0.2, 0.25) is 0 Å². The normalized spacial score (nSPS) is 24.1. The fourth-order valence-corrected chi connectivity index (χ4v) is 2.64. The van der Waals surface area contributed by atoms with Crippen molar-refractivity contribution in [3.05, 3.63) is 53.1 Å². The van der Waals surface area contributed by atoms with Crippen molar-refractivity contribution in [3.63, 3.8) is 0 Å². The van der Waals surface area contributed by atoms with Crippen LogP contribution >= 0.6 is 34.8 Å². The van der Waals surface area contributed by atoms with Crippen molar-refractivity contribution >= 4 is 46.3 Å². The number of rotatable bonds is 6. The lowest BCUT2D eigenvalue weighted by Crippen LogP contribution is -2.35. The largest absolute Gasteiger partial charge is 0.481 e. The summed E-state index contributed by atoms with van der Waals surface area (Å²) >= 11 is 18.6. The molecule has 0 saturated carbocycles. The van der Waals surface area contributed by atoms with E-state index in [1.165, 1.54) is 0 Å². The Morgan fingerprint density at radius 2 is 2.00 bits per heavy atom. The summed E-state index contributed by atoms with van der Waals surface area (Å²) in [5, 5.41) is 7.55. The molecule has 2 atom stereocenters. The minimum atomic E-state index is -1.16. The topological polar surface area (TPSA) is 46.5 Å². The third-order valence-electron chi connectivity index (χ3n) is 3.23. The molecule has 2 rings (SSSR count). The highest BCUT2D eigenvalue weighted by Crippen LogP contribution is 2.36. The number of alkyl halides is 2. The molecule has 6 heteroatoms. The first-order chi connectivity index (χ1) is 10.4. The number of halogens is 3.